The number of halogens is 1. The van der Waals surface area contributed by atoms with Crippen LogP contribution in [0.1, 0.15) is 25.5 Å². The van der Waals surface area contributed by atoms with Crippen LogP contribution in [0.3, 0.4) is 0 Å². The summed E-state index contributed by atoms with van der Waals surface area (Å²) in [5.74, 6) is 0.376. The predicted molar refractivity (Wildman–Crippen MR) is 67.3 cm³/mol. The molecule has 1 heterocycles. The molecule has 0 aliphatic rings. The van der Waals surface area contributed by atoms with Gasteiger partial charge in [-0.25, -0.2) is 9.07 Å². The van der Waals surface area contributed by atoms with Crippen LogP contribution in [0.4, 0.5) is 4.39 Å². The number of nitrogens with two attached hydrogens (primary N) is 1. The first-order valence-corrected chi connectivity index (χ1v) is 5.84. The summed E-state index contributed by atoms with van der Waals surface area (Å²) in [6, 6.07) is 4.22. The lowest BCUT2D eigenvalue weighted by atomic mass is 10.1. The summed E-state index contributed by atoms with van der Waals surface area (Å²) in [6.07, 6.45) is 3.38. The van der Waals surface area contributed by atoms with Crippen LogP contribution >= 0.6 is 0 Å². The van der Waals surface area contributed by atoms with Gasteiger partial charge < -0.3 is 10.5 Å². The van der Waals surface area contributed by atoms with E-state index in [1.165, 1.54) is 12.1 Å². The van der Waals surface area contributed by atoms with Crippen LogP contribution in [-0.4, -0.2) is 16.4 Å². The first kappa shape index (κ1) is 12.6. The molecule has 0 fully saturated rings. The first-order valence-electron chi connectivity index (χ1n) is 5.84. The fraction of sp³-hybridized carbons (Fsp3) is 0.308. The van der Waals surface area contributed by atoms with Crippen molar-refractivity contribution in [2.45, 2.75) is 19.9 Å². The number of aromatic nitrogens is 2. The quantitative estimate of drug-likeness (QED) is 0.905. The molecule has 0 bridgehead atoms. The summed E-state index contributed by atoms with van der Waals surface area (Å²) < 4.78 is 20.2. The average Bonchev–Trinajstić information content (AvgIpc) is 2.78. The van der Waals surface area contributed by atoms with Gasteiger partial charge in [0.05, 0.1) is 24.7 Å². The van der Waals surface area contributed by atoms with E-state index in [9.17, 15) is 4.39 Å². The largest absolute Gasteiger partial charge is 0.491 e. The van der Waals surface area contributed by atoms with Crippen LogP contribution in [-0.2, 0) is 0 Å². The van der Waals surface area contributed by atoms with Crippen molar-refractivity contribution in [1.29, 1.82) is 0 Å². The predicted octanol–water partition coefficient (Wildman–Crippen LogP) is 2.43. The Morgan fingerprint density at radius 1 is 1.50 bits per heavy atom. The Labute approximate surface area is 105 Å². The van der Waals surface area contributed by atoms with Gasteiger partial charge in [0, 0.05) is 6.04 Å². The lowest BCUT2D eigenvalue weighted by molar-refractivity contribution is 0.340. The summed E-state index contributed by atoms with van der Waals surface area (Å²) >= 11 is 0. The molecule has 5 heteroatoms. The van der Waals surface area contributed by atoms with Crippen molar-refractivity contribution in [3.63, 3.8) is 0 Å². The van der Waals surface area contributed by atoms with Crippen LogP contribution in [0.5, 0.6) is 5.75 Å². The highest BCUT2D eigenvalue weighted by atomic mass is 19.1. The Bertz CT molecular complexity index is 537. The molecular weight excluding hydrogens is 233 g/mol. The Morgan fingerprint density at radius 2 is 2.28 bits per heavy atom. The van der Waals surface area contributed by atoms with Gasteiger partial charge in [-0.15, -0.1) is 0 Å². The van der Waals surface area contributed by atoms with Gasteiger partial charge in [0.1, 0.15) is 5.82 Å². The van der Waals surface area contributed by atoms with Gasteiger partial charge in [-0.1, -0.05) is 0 Å². The molecule has 1 unspecified atom stereocenters. The molecule has 0 saturated carbocycles. The fourth-order valence-corrected chi connectivity index (χ4v) is 1.78. The molecule has 1 aromatic heterocycles. The number of hydrogen-bond donors (Lipinski definition) is 1. The molecule has 0 aliphatic carbocycles. The fourth-order valence-electron chi connectivity index (χ4n) is 1.78. The number of hydrogen-bond acceptors (Lipinski definition) is 3. The minimum Gasteiger partial charge on any atom is -0.491 e. The number of nitrogens with zero attached hydrogens (tertiary/aromatic N) is 2. The molecule has 2 aromatic rings. The van der Waals surface area contributed by atoms with Crippen LogP contribution in [0.2, 0.25) is 0 Å². The second-order valence-corrected chi connectivity index (χ2v) is 4.05. The maximum atomic E-state index is 13.2. The number of rotatable bonds is 4. The third-order valence-corrected chi connectivity index (χ3v) is 2.60. The molecule has 2 N–H and O–H groups in total. The van der Waals surface area contributed by atoms with Crippen molar-refractivity contribution >= 4 is 0 Å². The third-order valence-electron chi connectivity index (χ3n) is 2.60. The molecule has 1 aromatic carbocycles. The lowest BCUT2D eigenvalue weighted by Crippen LogP contribution is -2.10. The van der Waals surface area contributed by atoms with Crippen molar-refractivity contribution in [3.05, 3.63) is 42.0 Å². The average molecular weight is 249 g/mol. The van der Waals surface area contributed by atoms with Crippen LogP contribution in [0.15, 0.2) is 30.6 Å². The van der Waals surface area contributed by atoms with Crippen LogP contribution < -0.4 is 10.5 Å². The standard InChI is InChI=1S/C13H16FN3O/c1-3-18-11-7-16-17(8-11)13-5-4-10(14)6-12(13)9(2)15/h4-9H,3,15H2,1-2H3. The van der Waals surface area contributed by atoms with Gasteiger partial charge >= 0.3 is 0 Å². The minimum atomic E-state index is -0.303. The second kappa shape index (κ2) is 5.18. The van der Waals surface area contributed by atoms with E-state index in [1.54, 1.807) is 23.1 Å². The topological polar surface area (TPSA) is 53.1 Å². The lowest BCUT2D eigenvalue weighted by Gasteiger charge is -2.12. The van der Waals surface area contributed by atoms with Crippen molar-refractivity contribution in [1.82, 2.24) is 9.78 Å². The summed E-state index contributed by atoms with van der Waals surface area (Å²) in [7, 11) is 0. The van der Waals surface area contributed by atoms with E-state index in [0.29, 0.717) is 17.9 Å². The van der Waals surface area contributed by atoms with Crippen molar-refractivity contribution in [3.8, 4) is 11.4 Å². The van der Waals surface area contributed by atoms with E-state index in [4.69, 9.17) is 10.5 Å². The van der Waals surface area contributed by atoms with Crippen molar-refractivity contribution in [2.75, 3.05) is 6.61 Å². The van der Waals surface area contributed by atoms with E-state index in [0.717, 1.165) is 5.69 Å². The maximum Gasteiger partial charge on any atom is 0.157 e. The maximum absolute atomic E-state index is 13.2. The zero-order chi connectivity index (χ0) is 13.1. The zero-order valence-electron chi connectivity index (χ0n) is 10.4. The Balaban J connectivity index is 2.42. The molecule has 0 amide bonds. The highest BCUT2D eigenvalue weighted by Crippen LogP contribution is 2.22. The molecular formula is C13H16FN3O. The SMILES string of the molecule is CCOc1cnn(-c2ccc(F)cc2C(C)N)c1. The van der Waals surface area contributed by atoms with Gasteiger partial charge in [0.25, 0.3) is 0 Å². The van der Waals surface area contributed by atoms with E-state index in [2.05, 4.69) is 5.10 Å². The van der Waals surface area contributed by atoms with Gasteiger partial charge in [-0.05, 0) is 37.6 Å². The molecule has 18 heavy (non-hydrogen) atoms. The molecule has 4 nitrogen and oxygen atoms in total. The second-order valence-electron chi connectivity index (χ2n) is 4.05. The summed E-state index contributed by atoms with van der Waals surface area (Å²) in [4.78, 5) is 0. The van der Waals surface area contributed by atoms with Gasteiger partial charge in [-0.2, -0.15) is 5.10 Å². The highest BCUT2D eigenvalue weighted by molar-refractivity contribution is 5.43. The van der Waals surface area contributed by atoms with Crippen molar-refractivity contribution < 1.29 is 9.13 Å². The molecule has 1 atom stereocenters. The van der Waals surface area contributed by atoms with Gasteiger partial charge in [0.15, 0.2) is 5.75 Å². The smallest absolute Gasteiger partial charge is 0.157 e. The van der Waals surface area contributed by atoms with Crippen LogP contribution in [0.25, 0.3) is 5.69 Å². The van der Waals surface area contributed by atoms with Gasteiger partial charge in [0.2, 0.25) is 0 Å². The Kier molecular flexibility index (Phi) is 3.62. The highest BCUT2D eigenvalue weighted by Gasteiger charge is 2.11. The third kappa shape index (κ3) is 2.51. The number of benzene rings is 1. The summed E-state index contributed by atoms with van der Waals surface area (Å²) in [6.45, 7) is 4.29. The van der Waals surface area contributed by atoms with Gasteiger partial charge in [-0.3, -0.25) is 0 Å². The summed E-state index contributed by atoms with van der Waals surface area (Å²) in [5, 5.41) is 4.19. The summed E-state index contributed by atoms with van der Waals surface area (Å²) in [5.41, 5.74) is 7.32. The molecule has 96 valence electrons. The Hall–Kier alpha value is -1.88. The normalized spacial score (nSPS) is 12.4. The Morgan fingerprint density at radius 3 is 2.94 bits per heavy atom. The van der Waals surface area contributed by atoms with Crippen molar-refractivity contribution in [2.24, 2.45) is 5.73 Å². The molecule has 2 rings (SSSR count). The van der Waals surface area contributed by atoms with E-state index in [1.807, 2.05) is 13.8 Å². The molecule has 0 aliphatic heterocycles. The zero-order valence-corrected chi connectivity index (χ0v) is 10.4. The molecule has 0 radical (unpaired) electrons. The first-order chi connectivity index (χ1) is 8.61. The van der Waals surface area contributed by atoms with E-state index >= 15 is 0 Å². The van der Waals surface area contributed by atoms with E-state index < -0.39 is 0 Å². The monoisotopic (exact) mass is 249 g/mol. The van der Waals surface area contributed by atoms with E-state index in [-0.39, 0.29) is 11.9 Å². The number of ether oxygens (including phenoxy) is 1. The molecule has 0 spiro atoms. The molecule has 0 saturated heterocycles. The minimum absolute atomic E-state index is 0.268. The van der Waals surface area contributed by atoms with Crippen LogP contribution in [0, 0.1) is 5.82 Å².